The number of nitrogens with one attached hydrogen (secondary N) is 1. The van der Waals surface area contributed by atoms with E-state index in [-0.39, 0.29) is 17.9 Å². The number of amides is 1. The standard InChI is InChI=1S/C16H25N3O2/c1-19(2)14-8-7-11(9-13(14)17)16(21)18-10-12-5-3-4-6-15(12)20/h7-9,12,15,20H,3-6,10,17H2,1-2H3,(H,18,21). The quantitative estimate of drug-likeness (QED) is 0.737. The highest BCUT2D eigenvalue weighted by Crippen LogP contribution is 2.24. The largest absolute Gasteiger partial charge is 0.397 e. The van der Waals surface area contributed by atoms with Crippen LogP contribution in [0, 0.1) is 5.92 Å². The van der Waals surface area contributed by atoms with Gasteiger partial charge in [-0.15, -0.1) is 0 Å². The van der Waals surface area contributed by atoms with Crippen LogP contribution in [0.4, 0.5) is 11.4 Å². The van der Waals surface area contributed by atoms with E-state index in [4.69, 9.17) is 5.73 Å². The molecule has 0 aromatic heterocycles. The number of carbonyl (C=O) groups is 1. The summed E-state index contributed by atoms with van der Waals surface area (Å²) in [6, 6.07) is 5.32. The van der Waals surface area contributed by atoms with Crippen molar-refractivity contribution in [3.8, 4) is 0 Å². The lowest BCUT2D eigenvalue weighted by Gasteiger charge is -2.27. The van der Waals surface area contributed by atoms with Crippen LogP contribution in [-0.4, -0.2) is 37.8 Å². The maximum atomic E-state index is 12.2. The third kappa shape index (κ3) is 3.88. The summed E-state index contributed by atoms with van der Waals surface area (Å²) in [7, 11) is 3.83. The molecule has 0 spiro atoms. The molecule has 0 saturated heterocycles. The molecule has 2 unspecified atom stereocenters. The number of nitrogens with zero attached hydrogens (tertiary/aromatic N) is 1. The molecule has 5 heteroatoms. The van der Waals surface area contributed by atoms with Gasteiger partial charge in [0.05, 0.1) is 17.5 Å². The first-order valence-electron chi connectivity index (χ1n) is 7.52. The van der Waals surface area contributed by atoms with Gasteiger partial charge in [-0.05, 0) is 31.0 Å². The van der Waals surface area contributed by atoms with Gasteiger partial charge in [0, 0.05) is 32.1 Å². The molecule has 0 aliphatic heterocycles. The molecule has 5 nitrogen and oxygen atoms in total. The summed E-state index contributed by atoms with van der Waals surface area (Å²) < 4.78 is 0. The van der Waals surface area contributed by atoms with Gasteiger partial charge in [0.15, 0.2) is 0 Å². The van der Waals surface area contributed by atoms with E-state index in [1.165, 1.54) is 0 Å². The van der Waals surface area contributed by atoms with Gasteiger partial charge in [-0.2, -0.15) is 0 Å². The summed E-state index contributed by atoms with van der Waals surface area (Å²) in [6.45, 7) is 0.523. The second-order valence-electron chi connectivity index (χ2n) is 5.99. The van der Waals surface area contributed by atoms with Gasteiger partial charge < -0.3 is 21.1 Å². The molecule has 21 heavy (non-hydrogen) atoms. The summed E-state index contributed by atoms with van der Waals surface area (Å²) >= 11 is 0. The number of anilines is 2. The van der Waals surface area contributed by atoms with Crippen LogP contribution in [0.3, 0.4) is 0 Å². The van der Waals surface area contributed by atoms with Crippen LogP contribution >= 0.6 is 0 Å². The Bertz CT molecular complexity index is 502. The second kappa shape index (κ2) is 6.80. The molecule has 0 radical (unpaired) electrons. The molecule has 1 saturated carbocycles. The van der Waals surface area contributed by atoms with Gasteiger partial charge in [-0.3, -0.25) is 4.79 Å². The van der Waals surface area contributed by atoms with Crippen LogP contribution < -0.4 is 16.0 Å². The first kappa shape index (κ1) is 15.6. The number of rotatable bonds is 4. The first-order chi connectivity index (χ1) is 9.99. The van der Waals surface area contributed by atoms with Crippen molar-refractivity contribution in [2.75, 3.05) is 31.3 Å². The number of hydrogen-bond acceptors (Lipinski definition) is 4. The minimum absolute atomic E-state index is 0.134. The lowest BCUT2D eigenvalue weighted by Crippen LogP contribution is -2.36. The van der Waals surface area contributed by atoms with Crippen molar-refractivity contribution in [3.05, 3.63) is 23.8 Å². The Hall–Kier alpha value is -1.75. The van der Waals surface area contributed by atoms with E-state index >= 15 is 0 Å². The van der Waals surface area contributed by atoms with Gasteiger partial charge in [-0.1, -0.05) is 12.8 Å². The highest BCUT2D eigenvalue weighted by molar-refractivity contribution is 5.96. The average molecular weight is 291 g/mol. The van der Waals surface area contributed by atoms with Crippen LogP contribution in [0.1, 0.15) is 36.0 Å². The van der Waals surface area contributed by atoms with E-state index in [1.807, 2.05) is 25.1 Å². The number of hydrogen-bond donors (Lipinski definition) is 3. The molecule has 0 heterocycles. The molecule has 116 valence electrons. The predicted molar refractivity (Wildman–Crippen MR) is 85.5 cm³/mol. The molecular weight excluding hydrogens is 266 g/mol. The minimum atomic E-state index is -0.291. The zero-order chi connectivity index (χ0) is 15.4. The monoisotopic (exact) mass is 291 g/mol. The van der Waals surface area contributed by atoms with E-state index in [1.54, 1.807) is 12.1 Å². The average Bonchev–Trinajstić information content (AvgIpc) is 2.45. The summed E-state index contributed by atoms with van der Waals surface area (Å²) in [5.41, 5.74) is 8.00. The van der Waals surface area contributed by atoms with E-state index in [0.717, 1.165) is 31.4 Å². The fourth-order valence-corrected chi connectivity index (χ4v) is 2.86. The van der Waals surface area contributed by atoms with Crippen LogP contribution in [0.25, 0.3) is 0 Å². The summed E-state index contributed by atoms with van der Waals surface area (Å²) in [6.07, 6.45) is 3.73. The van der Waals surface area contributed by atoms with Gasteiger partial charge in [-0.25, -0.2) is 0 Å². The van der Waals surface area contributed by atoms with E-state index in [2.05, 4.69) is 5.32 Å². The Morgan fingerprint density at radius 1 is 1.38 bits per heavy atom. The van der Waals surface area contributed by atoms with Crippen molar-refractivity contribution in [1.29, 1.82) is 0 Å². The molecule has 1 aromatic rings. The number of benzene rings is 1. The van der Waals surface area contributed by atoms with Crippen molar-refractivity contribution in [2.24, 2.45) is 5.92 Å². The fourth-order valence-electron chi connectivity index (χ4n) is 2.86. The Morgan fingerprint density at radius 2 is 2.10 bits per heavy atom. The second-order valence-corrected chi connectivity index (χ2v) is 5.99. The van der Waals surface area contributed by atoms with Gasteiger partial charge in [0.1, 0.15) is 0 Å². The van der Waals surface area contributed by atoms with Crippen LogP contribution in [0.5, 0.6) is 0 Å². The minimum Gasteiger partial charge on any atom is -0.397 e. The lowest BCUT2D eigenvalue weighted by molar-refractivity contribution is 0.0663. The number of aliphatic hydroxyl groups excluding tert-OH is 1. The molecule has 2 rings (SSSR count). The van der Waals surface area contributed by atoms with E-state index in [9.17, 15) is 9.90 Å². The SMILES string of the molecule is CN(C)c1ccc(C(=O)NCC2CCCCC2O)cc1N. The highest BCUT2D eigenvalue weighted by atomic mass is 16.3. The Kier molecular flexibility index (Phi) is 5.07. The molecule has 4 N–H and O–H groups in total. The smallest absolute Gasteiger partial charge is 0.251 e. The van der Waals surface area contributed by atoms with Crippen molar-refractivity contribution in [2.45, 2.75) is 31.8 Å². The Morgan fingerprint density at radius 3 is 2.71 bits per heavy atom. The van der Waals surface area contributed by atoms with Gasteiger partial charge in [0.25, 0.3) is 5.91 Å². The van der Waals surface area contributed by atoms with Crippen molar-refractivity contribution in [3.63, 3.8) is 0 Å². The van der Waals surface area contributed by atoms with Crippen molar-refractivity contribution in [1.82, 2.24) is 5.32 Å². The summed E-state index contributed by atoms with van der Waals surface area (Å²) in [5, 5.41) is 12.8. The highest BCUT2D eigenvalue weighted by Gasteiger charge is 2.23. The topological polar surface area (TPSA) is 78.6 Å². The van der Waals surface area contributed by atoms with Crippen LogP contribution in [-0.2, 0) is 0 Å². The molecular formula is C16H25N3O2. The fraction of sp³-hybridized carbons (Fsp3) is 0.562. The Labute approximate surface area is 126 Å². The third-order valence-electron chi connectivity index (χ3n) is 4.17. The number of aliphatic hydroxyl groups is 1. The maximum Gasteiger partial charge on any atom is 0.251 e. The zero-order valence-electron chi connectivity index (χ0n) is 12.8. The molecule has 1 aliphatic carbocycles. The van der Waals surface area contributed by atoms with Crippen LogP contribution in [0.2, 0.25) is 0 Å². The summed E-state index contributed by atoms with van der Waals surface area (Å²) in [4.78, 5) is 14.1. The zero-order valence-corrected chi connectivity index (χ0v) is 12.8. The number of carbonyl (C=O) groups excluding carboxylic acids is 1. The van der Waals surface area contributed by atoms with Gasteiger partial charge >= 0.3 is 0 Å². The van der Waals surface area contributed by atoms with E-state index in [0.29, 0.717) is 17.8 Å². The molecule has 1 aromatic carbocycles. The maximum absolute atomic E-state index is 12.2. The van der Waals surface area contributed by atoms with Crippen molar-refractivity contribution < 1.29 is 9.90 Å². The lowest BCUT2D eigenvalue weighted by atomic mass is 9.86. The molecule has 2 atom stereocenters. The normalized spacial score (nSPS) is 21.9. The Balaban J connectivity index is 1.95. The first-order valence-corrected chi connectivity index (χ1v) is 7.52. The molecule has 0 bridgehead atoms. The van der Waals surface area contributed by atoms with Crippen LogP contribution in [0.15, 0.2) is 18.2 Å². The predicted octanol–water partition coefficient (Wildman–Crippen LogP) is 1.62. The van der Waals surface area contributed by atoms with Crippen molar-refractivity contribution >= 4 is 17.3 Å². The molecule has 1 amide bonds. The summed E-state index contributed by atoms with van der Waals surface area (Å²) in [5.74, 6) is 0.0332. The van der Waals surface area contributed by atoms with E-state index < -0.39 is 0 Å². The number of nitrogens with two attached hydrogens (primary N) is 1. The third-order valence-corrected chi connectivity index (χ3v) is 4.17. The number of nitrogen functional groups attached to an aromatic ring is 1. The van der Waals surface area contributed by atoms with Gasteiger partial charge in [0.2, 0.25) is 0 Å². The molecule has 1 aliphatic rings. The molecule has 1 fully saturated rings.